The lowest BCUT2D eigenvalue weighted by Crippen LogP contribution is -2.02. The summed E-state index contributed by atoms with van der Waals surface area (Å²) in [4.78, 5) is 0. The molecule has 0 aliphatic carbocycles. The lowest BCUT2D eigenvalue weighted by Gasteiger charge is -2.04. The zero-order valence-electron chi connectivity index (χ0n) is 8.10. The Bertz CT molecular complexity index is 434. The molecule has 1 N–H and O–H groups in total. The summed E-state index contributed by atoms with van der Waals surface area (Å²) in [5.74, 6) is 0.332. The van der Waals surface area contributed by atoms with Crippen LogP contribution in [0.2, 0.25) is 0 Å². The minimum atomic E-state index is 0.332. The van der Waals surface area contributed by atoms with E-state index in [0.717, 1.165) is 17.4 Å². The molecule has 14 heavy (non-hydrogen) atoms. The third-order valence-corrected chi connectivity index (χ3v) is 2.33. The fourth-order valence-corrected chi connectivity index (χ4v) is 1.59. The largest absolute Gasteiger partial charge is 0.507 e. The third-order valence-electron chi connectivity index (χ3n) is 2.33. The van der Waals surface area contributed by atoms with Crippen molar-refractivity contribution in [2.75, 3.05) is 13.7 Å². The molecule has 3 nitrogen and oxygen atoms in total. The van der Waals surface area contributed by atoms with Gasteiger partial charge in [0.25, 0.3) is 0 Å². The molecule has 0 spiro atoms. The van der Waals surface area contributed by atoms with Crippen LogP contribution in [0.3, 0.4) is 0 Å². The molecule has 0 unspecified atom stereocenters. The zero-order chi connectivity index (χ0) is 9.97. The maximum absolute atomic E-state index is 9.57. The maximum Gasteiger partial charge on any atom is 0.124 e. The van der Waals surface area contributed by atoms with Gasteiger partial charge in [-0.25, -0.2) is 0 Å². The predicted octanol–water partition coefficient (Wildman–Crippen LogP) is 1.99. The number of nitrogens with zero attached hydrogens (tertiary/aromatic N) is 1. The van der Waals surface area contributed by atoms with Crippen molar-refractivity contribution in [2.24, 2.45) is 0 Å². The standard InChI is InChI=1S/C11H13NO2/c1-14-8-7-12-6-5-9-10(12)3-2-4-11(9)13/h2-6,13H,7-8H2,1H3. The molecule has 0 amide bonds. The quantitative estimate of drug-likeness (QED) is 0.805. The molecule has 0 radical (unpaired) electrons. The van der Waals surface area contributed by atoms with Crippen LogP contribution in [0.4, 0.5) is 0 Å². The van der Waals surface area contributed by atoms with Crippen molar-refractivity contribution >= 4 is 10.9 Å². The van der Waals surface area contributed by atoms with Crippen LogP contribution in [-0.4, -0.2) is 23.4 Å². The van der Waals surface area contributed by atoms with E-state index >= 15 is 0 Å². The van der Waals surface area contributed by atoms with Crippen LogP contribution in [0.5, 0.6) is 5.75 Å². The average Bonchev–Trinajstić information content (AvgIpc) is 2.60. The number of fused-ring (bicyclic) bond motifs is 1. The number of aromatic nitrogens is 1. The Hall–Kier alpha value is -1.48. The highest BCUT2D eigenvalue weighted by molar-refractivity contribution is 5.86. The first kappa shape index (κ1) is 9.09. The van der Waals surface area contributed by atoms with Crippen LogP contribution < -0.4 is 0 Å². The van der Waals surface area contributed by atoms with Gasteiger partial charge in [-0.1, -0.05) is 6.07 Å². The number of phenolic OH excluding ortho intramolecular Hbond substituents is 1. The minimum absolute atomic E-state index is 0.332. The number of benzene rings is 1. The summed E-state index contributed by atoms with van der Waals surface area (Å²) in [6, 6.07) is 7.45. The van der Waals surface area contributed by atoms with E-state index in [-0.39, 0.29) is 0 Å². The first-order chi connectivity index (χ1) is 6.83. The summed E-state index contributed by atoms with van der Waals surface area (Å²) in [5.41, 5.74) is 1.04. The number of aromatic hydroxyl groups is 1. The van der Waals surface area contributed by atoms with Gasteiger partial charge in [-0.05, 0) is 18.2 Å². The summed E-state index contributed by atoms with van der Waals surface area (Å²) < 4.78 is 7.08. The van der Waals surface area contributed by atoms with E-state index in [1.54, 1.807) is 13.2 Å². The predicted molar refractivity (Wildman–Crippen MR) is 55.5 cm³/mol. The molecule has 74 valence electrons. The first-order valence-corrected chi connectivity index (χ1v) is 4.58. The lowest BCUT2D eigenvalue weighted by molar-refractivity contribution is 0.188. The fraction of sp³-hybridized carbons (Fsp3) is 0.273. The lowest BCUT2D eigenvalue weighted by atomic mass is 10.2. The van der Waals surface area contributed by atoms with Crippen LogP contribution in [0.15, 0.2) is 30.5 Å². The molecule has 0 saturated carbocycles. The topological polar surface area (TPSA) is 34.4 Å². The van der Waals surface area contributed by atoms with Crippen LogP contribution in [0, 0.1) is 0 Å². The van der Waals surface area contributed by atoms with Crippen molar-refractivity contribution in [3.63, 3.8) is 0 Å². The molecule has 0 atom stereocenters. The molecule has 0 aliphatic rings. The van der Waals surface area contributed by atoms with Gasteiger partial charge < -0.3 is 14.4 Å². The van der Waals surface area contributed by atoms with Gasteiger partial charge in [-0.15, -0.1) is 0 Å². The molecule has 2 aromatic rings. The van der Waals surface area contributed by atoms with Crippen molar-refractivity contribution < 1.29 is 9.84 Å². The fourth-order valence-electron chi connectivity index (χ4n) is 1.59. The molecule has 1 aromatic heterocycles. The number of hydrogen-bond donors (Lipinski definition) is 1. The highest BCUT2D eigenvalue weighted by Crippen LogP contribution is 2.24. The van der Waals surface area contributed by atoms with Crippen molar-refractivity contribution in [1.29, 1.82) is 0 Å². The molecule has 0 bridgehead atoms. The van der Waals surface area contributed by atoms with Gasteiger partial charge in [0.05, 0.1) is 12.1 Å². The van der Waals surface area contributed by atoms with Crippen molar-refractivity contribution in [1.82, 2.24) is 4.57 Å². The Labute approximate surface area is 82.5 Å². The van der Waals surface area contributed by atoms with Gasteiger partial charge in [-0.2, -0.15) is 0 Å². The number of methoxy groups -OCH3 is 1. The summed E-state index contributed by atoms with van der Waals surface area (Å²) in [6.45, 7) is 1.49. The molecule has 0 aliphatic heterocycles. The Morgan fingerprint density at radius 3 is 3.00 bits per heavy atom. The zero-order valence-corrected chi connectivity index (χ0v) is 8.10. The summed E-state index contributed by atoms with van der Waals surface area (Å²) >= 11 is 0. The number of ether oxygens (including phenoxy) is 1. The number of phenols is 1. The Balaban J connectivity index is 2.42. The van der Waals surface area contributed by atoms with Crippen LogP contribution in [0.25, 0.3) is 10.9 Å². The molecule has 1 aromatic carbocycles. The summed E-state index contributed by atoms with van der Waals surface area (Å²) in [5, 5.41) is 10.5. The van der Waals surface area contributed by atoms with Gasteiger partial charge in [0.15, 0.2) is 0 Å². The first-order valence-electron chi connectivity index (χ1n) is 4.58. The van der Waals surface area contributed by atoms with E-state index in [9.17, 15) is 5.11 Å². The van der Waals surface area contributed by atoms with E-state index in [1.165, 1.54) is 0 Å². The minimum Gasteiger partial charge on any atom is -0.507 e. The molecule has 2 rings (SSSR count). The second-order valence-electron chi connectivity index (χ2n) is 3.21. The second kappa shape index (κ2) is 3.72. The monoisotopic (exact) mass is 191 g/mol. The molecule has 0 fully saturated rings. The van der Waals surface area contributed by atoms with E-state index in [4.69, 9.17) is 4.74 Å². The second-order valence-corrected chi connectivity index (χ2v) is 3.21. The molecule has 0 saturated heterocycles. The van der Waals surface area contributed by atoms with E-state index in [1.807, 2.05) is 24.4 Å². The van der Waals surface area contributed by atoms with Crippen molar-refractivity contribution in [2.45, 2.75) is 6.54 Å². The van der Waals surface area contributed by atoms with Crippen molar-refractivity contribution in [3.8, 4) is 5.75 Å². The van der Waals surface area contributed by atoms with E-state index in [2.05, 4.69) is 4.57 Å². The average molecular weight is 191 g/mol. The highest BCUT2D eigenvalue weighted by atomic mass is 16.5. The SMILES string of the molecule is COCCn1ccc2c(O)cccc21. The number of rotatable bonds is 3. The molecular weight excluding hydrogens is 178 g/mol. The van der Waals surface area contributed by atoms with Gasteiger partial charge in [-0.3, -0.25) is 0 Å². The normalized spacial score (nSPS) is 10.9. The van der Waals surface area contributed by atoms with Gasteiger partial charge >= 0.3 is 0 Å². The Kier molecular flexibility index (Phi) is 2.41. The van der Waals surface area contributed by atoms with Gasteiger partial charge in [0.2, 0.25) is 0 Å². The number of hydrogen-bond acceptors (Lipinski definition) is 2. The van der Waals surface area contributed by atoms with Crippen molar-refractivity contribution in [3.05, 3.63) is 30.5 Å². The van der Waals surface area contributed by atoms with E-state index in [0.29, 0.717) is 12.4 Å². The molecule has 3 heteroatoms. The Morgan fingerprint density at radius 2 is 2.21 bits per heavy atom. The van der Waals surface area contributed by atoms with Gasteiger partial charge in [0.1, 0.15) is 5.75 Å². The molecular formula is C11H13NO2. The van der Waals surface area contributed by atoms with Crippen LogP contribution in [-0.2, 0) is 11.3 Å². The smallest absolute Gasteiger partial charge is 0.124 e. The molecule has 1 heterocycles. The van der Waals surface area contributed by atoms with Crippen LogP contribution >= 0.6 is 0 Å². The summed E-state index contributed by atoms with van der Waals surface area (Å²) in [7, 11) is 1.68. The van der Waals surface area contributed by atoms with Gasteiger partial charge in [0, 0.05) is 25.2 Å². The Morgan fingerprint density at radius 1 is 1.36 bits per heavy atom. The summed E-state index contributed by atoms with van der Waals surface area (Å²) in [6.07, 6.45) is 1.96. The highest BCUT2D eigenvalue weighted by Gasteiger charge is 2.03. The maximum atomic E-state index is 9.57. The van der Waals surface area contributed by atoms with E-state index < -0.39 is 0 Å². The third kappa shape index (κ3) is 1.46. The van der Waals surface area contributed by atoms with Crippen LogP contribution in [0.1, 0.15) is 0 Å².